The van der Waals surface area contributed by atoms with Gasteiger partial charge in [-0.05, 0) is 83.7 Å². The predicted octanol–water partition coefficient (Wildman–Crippen LogP) is 13.1. The molecule has 0 aromatic heterocycles. The van der Waals surface area contributed by atoms with Crippen LogP contribution in [0.4, 0.5) is 11.4 Å². The Hall–Kier alpha value is -4.58. The molecule has 0 saturated heterocycles. The molecule has 4 aromatic carbocycles. The Kier molecular flexibility index (Phi) is 13.8. The maximum atomic E-state index is 14.0. The van der Waals surface area contributed by atoms with Gasteiger partial charge in [0.15, 0.2) is 11.6 Å². The Balaban J connectivity index is 1.65. The SMILES string of the molecule is CC(=O)C(CCCCCCC(Nc1cc(C(C)(C)C)c(O)c(C(C)(C)C)c1)(C(C)=O)c1ccccc1)(Nc1cc(C(C)(C)C)c(O)c(C(C)(C)C)c1)c1ccccc1. The Morgan fingerprint density at radius 1 is 0.448 bits per heavy atom. The molecule has 0 aliphatic rings. The molecule has 4 rings (SSSR count). The molecule has 0 spiro atoms. The summed E-state index contributed by atoms with van der Waals surface area (Å²) in [5, 5.41) is 30.4. The van der Waals surface area contributed by atoms with E-state index in [-0.39, 0.29) is 33.2 Å². The lowest BCUT2D eigenvalue weighted by Gasteiger charge is -2.36. The van der Waals surface area contributed by atoms with E-state index in [1.54, 1.807) is 13.8 Å². The third-order valence-electron chi connectivity index (χ3n) is 11.8. The topological polar surface area (TPSA) is 98.7 Å². The molecule has 314 valence electrons. The molecule has 2 atom stereocenters. The Labute approximate surface area is 350 Å². The van der Waals surface area contributed by atoms with E-state index in [1.807, 2.05) is 84.9 Å². The minimum Gasteiger partial charge on any atom is -0.507 e. The number of carbonyl (C=O) groups excluding carboxylic acids is 2. The van der Waals surface area contributed by atoms with Crippen molar-refractivity contribution in [1.82, 2.24) is 0 Å². The highest BCUT2D eigenvalue weighted by molar-refractivity contribution is 5.91. The van der Waals surface area contributed by atoms with Gasteiger partial charge in [0.25, 0.3) is 0 Å². The average Bonchev–Trinajstić information content (AvgIpc) is 3.11. The van der Waals surface area contributed by atoms with Gasteiger partial charge in [-0.25, -0.2) is 0 Å². The summed E-state index contributed by atoms with van der Waals surface area (Å²) in [6, 6.07) is 28.0. The fraction of sp³-hybridized carbons (Fsp3) is 0.500. The van der Waals surface area contributed by atoms with E-state index in [1.165, 1.54) is 0 Å². The van der Waals surface area contributed by atoms with E-state index >= 15 is 0 Å². The molecule has 0 heterocycles. The van der Waals surface area contributed by atoms with Crippen molar-refractivity contribution in [3.63, 3.8) is 0 Å². The normalized spacial score (nSPS) is 14.7. The molecule has 0 saturated carbocycles. The molecule has 6 nitrogen and oxygen atoms in total. The van der Waals surface area contributed by atoms with Gasteiger partial charge in [-0.2, -0.15) is 0 Å². The number of aromatic hydroxyl groups is 2. The summed E-state index contributed by atoms with van der Waals surface area (Å²) in [6.07, 6.45) is 4.46. The Morgan fingerprint density at radius 3 is 0.931 bits per heavy atom. The number of anilines is 2. The summed E-state index contributed by atoms with van der Waals surface area (Å²) >= 11 is 0. The van der Waals surface area contributed by atoms with Crippen LogP contribution >= 0.6 is 0 Å². The van der Waals surface area contributed by atoms with Crippen molar-refractivity contribution in [2.75, 3.05) is 10.6 Å². The van der Waals surface area contributed by atoms with Crippen molar-refractivity contribution in [3.05, 3.63) is 118 Å². The van der Waals surface area contributed by atoms with Gasteiger partial charge in [-0.3, -0.25) is 9.59 Å². The van der Waals surface area contributed by atoms with Crippen LogP contribution in [-0.2, 0) is 42.3 Å². The maximum Gasteiger partial charge on any atom is 0.159 e. The smallest absolute Gasteiger partial charge is 0.159 e. The molecule has 58 heavy (non-hydrogen) atoms. The zero-order valence-corrected chi connectivity index (χ0v) is 38.0. The minimum atomic E-state index is -0.980. The Morgan fingerprint density at radius 2 is 0.707 bits per heavy atom. The third-order valence-corrected chi connectivity index (χ3v) is 11.8. The quantitative estimate of drug-likeness (QED) is 0.0707. The molecule has 0 aliphatic heterocycles. The molecule has 4 aromatic rings. The van der Waals surface area contributed by atoms with Crippen LogP contribution in [0.3, 0.4) is 0 Å². The number of phenols is 2. The number of hydrogen-bond donors (Lipinski definition) is 4. The molecule has 2 unspecified atom stereocenters. The summed E-state index contributed by atoms with van der Waals surface area (Å²) in [6.45, 7) is 28.5. The van der Waals surface area contributed by atoms with Gasteiger partial charge in [-0.1, -0.05) is 169 Å². The fourth-order valence-electron chi connectivity index (χ4n) is 8.26. The van der Waals surface area contributed by atoms with Crippen LogP contribution in [0.1, 0.15) is 169 Å². The largest absolute Gasteiger partial charge is 0.507 e. The number of phenolic OH excluding ortho intramolecular Hbond substituents is 2. The highest BCUT2D eigenvalue weighted by Gasteiger charge is 2.40. The summed E-state index contributed by atoms with van der Waals surface area (Å²) in [5.41, 5.74) is 3.57. The van der Waals surface area contributed by atoms with Crippen LogP contribution in [0.25, 0.3) is 0 Å². The predicted molar refractivity (Wildman–Crippen MR) is 244 cm³/mol. The fourth-order valence-corrected chi connectivity index (χ4v) is 8.26. The highest BCUT2D eigenvalue weighted by atomic mass is 16.3. The van der Waals surface area contributed by atoms with Crippen molar-refractivity contribution in [1.29, 1.82) is 0 Å². The first kappa shape index (κ1) is 46.1. The van der Waals surface area contributed by atoms with Gasteiger partial charge in [-0.15, -0.1) is 0 Å². The molecular weight excluding hydrogens is 717 g/mol. The van der Waals surface area contributed by atoms with E-state index in [9.17, 15) is 19.8 Å². The van der Waals surface area contributed by atoms with Crippen LogP contribution in [0.5, 0.6) is 11.5 Å². The number of unbranched alkanes of at least 4 members (excludes halogenated alkanes) is 3. The summed E-state index contributed by atoms with van der Waals surface area (Å²) in [7, 11) is 0. The maximum absolute atomic E-state index is 14.0. The van der Waals surface area contributed by atoms with Gasteiger partial charge in [0.05, 0.1) is 0 Å². The van der Waals surface area contributed by atoms with E-state index in [0.717, 1.165) is 70.4 Å². The first-order valence-corrected chi connectivity index (χ1v) is 21.2. The number of rotatable bonds is 15. The zero-order chi connectivity index (χ0) is 43.5. The number of ketones is 2. The first-order chi connectivity index (χ1) is 26.7. The van der Waals surface area contributed by atoms with Gasteiger partial charge in [0.2, 0.25) is 0 Å². The lowest BCUT2D eigenvalue weighted by Crippen LogP contribution is -2.42. The second kappa shape index (κ2) is 17.3. The lowest BCUT2D eigenvalue weighted by molar-refractivity contribution is -0.122. The van der Waals surface area contributed by atoms with Crippen LogP contribution in [0.15, 0.2) is 84.9 Å². The van der Waals surface area contributed by atoms with Gasteiger partial charge >= 0.3 is 0 Å². The van der Waals surface area contributed by atoms with Crippen LogP contribution in [0, 0.1) is 0 Å². The second-order valence-electron chi connectivity index (χ2n) is 20.7. The molecule has 0 fully saturated rings. The number of carbonyl (C=O) groups is 2. The average molecular weight is 789 g/mol. The first-order valence-electron chi connectivity index (χ1n) is 21.2. The Bertz CT molecular complexity index is 1820. The van der Waals surface area contributed by atoms with Gasteiger partial charge < -0.3 is 20.8 Å². The summed E-state index contributed by atoms with van der Waals surface area (Å²) in [4.78, 5) is 28.0. The highest BCUT2D eigenvalue weighted by Crippen LogP contribution is 2.45. The van der Waals surface area contributed by atoms with E-state index in [0.29, 0.717) is 24.3 Å². The van der Waals surface area contributed by atoms with Crippen LogP contribution < -0.4 is 10.6 Å². The van der Waals surface area contributed by atoms with Crippen LogP contribution in [0.2, 0.25) is 0 Å². The van der Waals surface area contributed by atoms with Gasteiger partial charge in [0.1, 0.15) is 22.6 Å². The zero-order valence-electron chi connectivity index (χ0n) is 38.0. The van der Waals surface area contributed by atoms with Crippen molar-refractivity contribution >= 4 is 22.9 Å². The van der Waals surface area contributed by atoms with Crippen molar-refractivity contribution in [2.45, 2.75) is 168 Å². The van der Waals surface area contributed by atoms with E-state index in [2.05, 4.69) is 93.7 Å². The lowest BCUT2D eigenvalue weighted by atomic mass is 9.77. The summed E-state index contributed by atoms with van der Waals surface area (Å²) < 4.78 is 0. The monoisotopic (exact) mass is 789 g/mol. The number of hydrogen-bond acceptors (Lipinski definition) is 6. The number of Topliss-reactive ketones (excluding diaryl/α,β-unsaturated/α-hetero) is 2. The van der Waals surface area contributed by atoms with Crippen molar-refractivity contribution in [2.24, 2.45) is 0 Å². The second-order valence-corrected chi connectivity index (χ2v) is 20.7. The minimum absolute atomic E-state index is 0.0309. The van der Waals surface area contributed by atoms with E-state index < -0.39 is 11.1 Å². The molecule has 4 N–H and O–H groups in total. The molecule has 0 bridgehead atoms. The van der Waals surface area contributed by atoms with E-state index in [4.69, 9.17) is 0 Å². The molecule has 6 heteroatoms. The van der Waals surface area contributed by atoms with Gasteiger partial charge in [0, 0.05) is 33.6 Å². The number of benzene rings is 4. The molecule has 0 radical (unpaired) electrons. The van der Waals surface area contributed by atoms with Crippen LogP contribution in [-0.4, -0.2) is 21.8 Å². The number of nitrogens with one attached hydrogen (secondary N) is 2. The standard InChI is InChI=1S/C52H72N2O4/c1-35(55)51(37-25-19-17-20-26-37,53-39-31-41(47(3,4)5)45(57)42(32-39)48(6,7)8)29-23-15-16-24-30-52(36(2)56,38-27-21-18-22-28-38)54-40-33-43(49(9,10)11)46(58)44(34-40)50(12,13)14/h17-22,25-28,31-34,53-54,57-58H,15-16,23-24,29-30H2,1-14H3. The van der Waals surface area contributed by atoms with Crippen molar-refractivity contribution in [3.8, 4) is 11.5 Å². The molecule has 0 aliphatic carbocycles. The van der Waals surface area contributed by atoms with Crippen molar-refractivity contribution < 1.29 is 19.8 Å². The molecule has 0 amide bonds. The summed E-state index contributed by atoms with van der Waals surface area (Å²) in [5.74, 6) is 0.673. The molecular formula is C52H72N2O4. The third kappa shape index (κ3) is 10.3.